The van der Waals surface area contributed by atoms with Crippen molar-refractivity contribution in [2.24, 2.45) is 0 Å². The molecule has 2 heterocycles. The molecule has 0 saturated heterocycles. The number of aromatic nitrogens is 3. The number of ether oxygens (including phenoxy) is 1. The van der Waals surface area contributed by atoms with Crippen LogP contribution in [0.1, 0.15) is 12.5 Å². The Morgan fingerprint density at radius 3 is 2.31 bits per heavy atom. The third-order valence-electron chi connectivity index (χ3n) is 5.61. The molecule has 0 spiro atoms. The van der Waals surface area contributed by atoms with E-state index < -0.39 is 11.6 Å². The van der Waals surface area contributed by atoms with Crippen LogP contribution in [0, 0.1) is 23.5 Å². The molecule has 5 rings (SSSR count). The Bertz CT molecular complexity index is 1500. The Balaban J connectivity index is 1.31. The molecule has 4 nitrogen and oxygen atoms in total. The van der Waals surface area contributed by atoms with Crippen LogP contribution in [-0.4, -0.2) is 21.1 Å². The molecule has 0 bridgehead atoms. The van der Waals surface area contributed by atoms with Crippen LogP contribution in [0.25, 0.3) is 33.9 Å². The van der Waals surface area contributed by atoms with Crippen molar-refractivity contribution in [1.82, 2.24) is 14.5 Å². The highest BCUT2D eigenvalue weighted by atomic mass is 19.2. The van der Waals surface area contributed by atoms with Gasteiger partial charge >= 0.3 is 0 Å². The monoisotopic (exact) mass is 465 g/mol. The number of imidazole rings is 1. The molecule has 172 valence electrons. The molecule has 35 heavy (non-hydrogen) atoms. The van der Waals surface area contributed by atoms with Gasteiger partial charge in [-0.3, -0.25) is 0 Å². The highest BCUT2D eigenvalue weighted by Gasteiger charge is 2.17. The summed E-state index contributed by atoms with van der Waals surface area (Å²) in [6.07, 6.45) is 3.76. The predicted molar refractivity (Wildman–Crippen MR) is 132 cm³/mol. The number of benzene rings is 3. The minimum atomic E-state index is -0.941. The fourth-order valence-electron chi connectivity index (χ4n) is 3.80. The zero-order chi connectivity index (χ0) is 24.2. The number of fused-ring (bicyclic) bond motifs is 1. The SMILES string of the molecule is CC#CCOc1ccc(-c2ccc(Cn3ccc4nc(-c5cccc(F)c5F)nc-4c3)cc2)cc1. The minimum absolute atomic E-state index is 0.0533. The van der Waals surface area contributed by atoms with Crippen LogP contribution >= 0.6 is 0 Å². The van der Waals surface area contributed by atoms with E-state index in [0.29, 0.717) is 24.5 Å². The Labute approximate surface area is 202 Å². The summed E-state index contributed by atoms with van der Waals surface area (Å²) in [4.78, 5) is 8.77. The second-order valence-corrected chi connectivity index (χ2v) is 7.97. The summed E-state index contributed by atoms with van der Waals surface area (Å²) in [7, 11) is 0. The first-order valence-electron chi connectivity index (χ1n) is 11.1. The predicted octanol–water partition coefficient (Wildman–Crippen LogP) is 6.45. The second-order valence-electron chi connectivity index (χ2n) is 7.97. The lowest BCUT2D eigenvalue weighted by Gasteiger charge is -2.09. The van der Waals surface area contributed by atoms with Gasteiger partial charge in [0.1, 0.15) is 18.1 Å². The largest absolute Gasteiger partial charge is 0.481 e. The summed E-state index contributed by atoms with van der Waals surface area (Å²) in [5.74, 6) is 4.80. The van der Waals surface area contributed by atoms with Gasteiger partial charge in [-0.15, -0.1) is 5.92 Å². The smallest absolute Gasteiger partial charge is 0.169 e. The van der Waals surface area contributed by atoms with E-state index in [2.05, 4.69) is 46.1 Å². The maximum absolute atomic E-state index is 14.1. The molecule has 0 aromatic heterocycles. The zero-order valence-corrected chi connectivity index (χ0v) is 19.0. The molecule has 0 unspecified atom stereocenters. The number of hydrogen-bond donors (Lipinski definition) is 0. The van der Waals surface area contributed by atoms with Gasteiger partial charge in [0.2, 0.25) is 0 Å². The molecule has 0 atom stereocenters. The van der Waals surface area contributed by atoms with Crippen LogP contribution in [0.3, 0.4) is 0 Å². The number of pyridine rings is 1. The maximum atomic E-state index is 14.1. The van der Waals surface area contributed by atoms with Crippen LogP contribution in [0.2, 0.25) is 0 Å². The van der Waals surface area contributed by atoms with Gasteiger partial charge in [-0.2, -0.15) is 0 Å². The fraction of sp³-hybridized carbons (Fsp3) is 0.103. The van der Waals surface area contributed by atoms with Crippen LogP contribution in [0.5, 0.6) is 5.75 Å². The lowest BCUT2D eigenvalue weighted by molar-refractivity contribution is 0.370. The van der Waals surface area contributed by atoms with E-state index in [0.717, 1.165) is 28.5 Å². The van der Waals surface area contributed by atoms with Crippen LogP contribution in [0.4, 0.5) is 8.78 Å². The van der Waals surface area contributed by atoms with Crippen LogP contribution in [-0.2, 0) is 6.54 Å². The summed E-state index contributed by atoms with van der Waals surface area (Å²) >= 11 is 0. The Kier molecular flexibility index (Phi) is 6.23. The summed E-state index contributed by atoms with van der Waals surface area (Å²) < 4.78 is 35.3. The van der Waals surface area contributed by atoms with Crippen molar-refractivity contribution in [2.75, 3.05) is 6.61 Å². The first-order chi connectivity index (χ1) is 17.1. The van der Waals surface area contributed by atoms with Gasteiger partial charge < -0.3 is 9.30 Å². The van der Waals surface area contributed by atoms with Gasteiger partial charge in [-0.1, -0.05) is 48.4 Å². The minimum Gasteiger partial charge on any atom is -0.481 e. The van der Waals surface area contributed by atoms with Crippen molar-refractivity contribution in [1.29, 1.82) is 0 Å². The summed E-state index contributed by atoms with van der Waals surface area (Å²) in [5.41, 5.74) is 4.63. The summed E-state index contributed by atoms with van der Waals surface area (Å²) in [5, 5.41) is 0. The van der Waals surface area contributed by atoms with E-state index >= 15 is 0 Å². The number of halogens is 2. The molecule has 0 saturated carbocycles. The lowest BCUT2D eigenvalue weighted by atomic mass is 10.0. The number of nitrogens with zero attached hydrogens (tertiary/aromatic N) is 3. The van der Waals surface area contributed by atoms with E-state index in [9.17, 15) is 8.78 Å². The molecular formula is C29H21F2N3O. The van der Waals surface area contributed by atoms with Gasteiger partial charge in [-0.05, 0) is 53.9 Å². The molecule has 0 N–H and O–H groups in total. The van der Waals surface area contributed by atoms with Gasteiger partial charge in [0.15, 0.2) is 17.5 Å². The first kappa shape index (κ1) is 22.3. The third kappa shape index (κ3) is 4.90. The topological polar surface area (TPSA) is 39.9 Å². The molecular weight excluding hydrogens is 444 g/mol. The Hall–Kier alpha value is -4.50. The standard InChI is InChI=1S/C29H21F2N3O/c1-2-3-17-35-23-13-11-22(12-14-23)21-9-7-20(8-10-21)18-34-16-15-26-27(19-34)33-29(32-26)24-5-4-6-25(30)28(24)31/h4-16,19H,17-18H2,1H3. The van der Waals surface area contributed by atoms with Gasteiger partial charge in [0.05, 0.1) is 11.3 Å². The highest BCUT2D eigenvalue weighted by molar-refractivity contribution is 5.66. The molecule has 6 heteroatoms. The van der Waals surface area contributed by atoms with E-state index in [-0.39, 0.29) is 11.4 Å². The average Bonchev–Trinajstić information content (AvgIpc) is 3.30. The van der Waals surface area contributed by atoms with Crippen molar-refractivity contribution >= 4 is 0 Å². The first-order valence-corrected chi connectivity index (χ1v) is 11.1. The molecule has 3 aromatic rings. The normalized spacial score (nSPS) is 10.7. The highest BCUT2D eigenvalue weighted by Crippen LogP contribution is 2.28. The van der Waals surface area contributed by atoms with E-state index in [4.69, 9.17) is 4.74 Å². The molecule has 0 aliphatic carbocycles. The van der Waals surface area contributed by atoms with Crippen molar-refractivity contribution in [2.45, 2.75) is 13.5 Å². The second kappa shape index (κ2) is 9.78. The van der Waals surface area contributed by atoms with Gasteiger partial charge in [0.25, 0.3) is 0 Å². The van der Waals surface area contributed by atoms with Crippen molar-refractivity contribution in [3.63, 3.8) is 0 Å². The van der Waals surface area contributed by atoms with Crippen LogP contribution in [0.15, 0.2) is 85.2 Å². The quantitative estimate of drug-likeness (QED) is 0.271. The van der Waals surface area contributed by atoms with Crippen molar-refractivity contribution < 1.29 is 13.5 Å². The molecule has 0 radical (unpaired) electrons. The van der Waals surface area contributed by atoms with Crippen molar-refractivity contribution in [3.05, 3.63) is 102 Å². The average molecular weight is 466 g/mol. The van der Waals surface area contributed by atoms with Crippen molar-refractivity contribution in [3.8, 4) is 51.5 Å². The lowest BCUT2D eigenvalue weighted by Crippen LogP contribution is -2.00. The number of hydrogen-bond acceptors (Lipinski definition) is 3. The molecule has 0 amide bonds. The maximum Gasteiger partial charge on any atom is 0.169 e. The fourth-order valence-corrected chi connectivity index (χ4v) is 3.80. The molecule has 2 aliphatic rings. The molecule has 0 fully saturated rings. The molecule has 3 aromatic carbocycles. The molecule has 2 aliphatic heterocycles. The van der Waals surface area contributed by atoms with Crippen LogP contribution < -0.4 is 4.74 Å². The van der Waals surface area contributed by atoms with Gasteiger partial charge in [0, 0.05) is 18.9 Å². The summed E-state index contributed by atoms with van der Waals surface area (Å²) in [6, 6.07) is 22.1. The van der Waals surface area contributed by atoms with E-state index in [1.54, 1.807) is 6.92 Å². The van der Waals surface area contributed by atoms with E-state index in [1.165, 1.54) is 12.1 Å². The van der Waals surface area contributed by atoms with E-state index in [1.807, 2.05) is 47.3 Å². The zero-order valence-electron chi connectivity index (χ0n) is 19.0. The van der Waals surface area contributed by atoms with Gasteiger partial charge in [-0.25, -0.2) is 18.7 Å². The summed E-state index contributed by atoms with van der Waals surface area (Å²) in [6.45, 7) is 2.81. The third-order valence-corrected chi connectivity index (χ3v) is 5.61. The Morgan fingerprint density at radius 2 is 1.57 bits per heavy atom. The Morgan fingerprint density at radius 1 is 0.857 bits per heavy atom. The number of rotatable bonds is 6.